The van der Waals surface area contributed by atoms with Gasteiger partial charge < -0.3 is 10.1 Å². The van der Waals surface area contributed by atoms with E-state index in [1.54, 1.807) is 0 Å². The van der Waals surface area contributed by atoms with Gasteiger partial charge in [0, 0.05) is 0 Å². The van der Waals surface area contributed by atoms with Crippen molar-refractivity contribution in [3.63, 3.8) is 0 Å². The maximum atomic E-state index is 6.24. The van der Waals surface area contributed by atoms with E-state index >= 15 is 0 Å². The van der Waals surface area contributed by atoms with Crippen LogP contribution in [0.5, 0.6) is 0 Å². The number of hydrogen-bond acceptors (Lipinski definition) is 2. The van der Waals surface area contributed by atoms with E-state index in [1.165, 1.54) is 5.56 Å². The molecule has 0 aromatic heterocycles. The van der Waals surface area contributed by atoms with Crippen LogP contribution in [0, 0.1) is 6.92 Å². The highest BCUT2D eigenvalue weighted by Crippen LogP contribution is 2.39. The van der Waals surface area contributed by atoms with Gasteiger partial charge in [0.25, 0.3) is 0 Å². The van der Waals surface area contributed by atoms with Gasteiger partial charge in [-0.05, 0) is 58.7 Å². The molecule has 18 heavy (non-hydrogen) atoms. The fourth-order valence-corrected chi connectivity index (χ4v) is 2.90. The first-order valence-corrected chi connectivity index (χ1v) is 6.80. The Morgan fingerprint density at radius 3 is 2.50 bits per heavy atom. The predicted molar refractivity (Wildman–Crippen MR) is 77.5 cm³/mol. The average molecular weight is 268 g/mol. The van der Waals surface area contributed by atoms with Crippen molar-refractivity contribution in [2.45, 2.75) is 58.3 Å². The van der Waals surface area contributed by atoms with Crippen LogP contribution in [0.15, 0.2) is 18.2 Å². The molecule has 1 unspecified atom stereocenters. The van der Waals surface area contributed by atoms with Crippen LogP contribution in [0.2, 0.25) is 5.02 Å². The highest BCUT2D eigenvalue weighted by molar-refractivity contribution is 6.33. The molecule has 1 aliphatic rings. The standard InChI is InChI=1S/C15H22ClNO/c1-10-6-7-11(16)12(8-10)17-13-9-14(2,3)18-15(13,4)5/h6-8,13,17H,9H2,1-5H3. The first-order valence-electron chi connectivity index (χ1n) is 6.42. The minimum Gasteiger partial charge on any atom is -0.378 e. The SMILES string of the molecule is Cc1ccc(Cl)c(NC2CC(C)(C)OC2(C)C)c1. The number of halogens is 1. The number of aryl methyl sites for hydroxylation is 1. The molecule has 0 bridgehead atoms. The smallest absolute Gasteiger partial charge is 0.0834 e. The van der Waals surface area contributed by atoms with Crippen molar-refractivity contribution in [2.75, 3.05) is 5.32 Å². The van der Waals surface area contributed by atoms with Gasteiger partial charge in [-0.3, -0.25) is 0 Å². The molecule has 1 saturated heterocycles. The van der Waals surface area contributed by atoms with Gasteiger partial charge in [0.2, 0.25) is 0 Å². The van der Waals surface area contributed by atoms with Crippen LogP contribution in [0.1, 0.15) is 39.7 Å². The van der Waals surface area contributed by atoms with Crippen molar-refractivity contribution >= 4 is 17.3 Å². The maximum Gasteiger partial charge on any atom is 0.0834 e. The maximum absolute atomic E-state index is 6.24. The van der Waals surface area contributed by atoms with E-state index in [1.807, 2.05) is 12.1 Å². The second-order valence-electron chi connectivity index (χ2n) is 6.35. The molecule has 1 aromatic carbocycles. The Kier molecular flexibility index (Phi) is 3.37. The zero-order valence-electron chi connectivity index (χ0n) is 11.8. The van der Waals surface area contributed by atoms with Crippen molar-refractivity contribution in [3.05, 3.63) is 28.8 Å². The number of hydrogen-bond donors (Lipinski definition) is 1. The van der Waals surface area contributed by atoms with Crippen LogP contribution in [-0.4, -0.2) is 17.2 Å². The molecule has 1 aliphatic heterocycles. The zero-order valence-corrected chi connectivity index (χ0v) is 12.6. The van der Waals surface area contributed by atoms with E-state index in [0.29, 0.717) is 0 Å². The van der Waals surface area contributed by atoms with Crippen molar-refractivity contribution < 1.29 is 4.74 Å². The van der Waals surface area contributed by atoms with E-state index in [-0.39, 0.29) is 17.2 Å². The largest absolute Gasteiger partial charge is 0.378 e. The molecule has 0 radical (unpaired) electrons. The van der Waals surface area contributed by atoms with Crippen LogP contribution in [0.3, 0.4) is 0 Å². The molecular formula is C15H22ClNO. The lowest BCUT2D eigenvalue weighted by molar-refractivity contribution is -0.0662. The van der Waals surface area contributed by atoms with Gasteiger partial charge in [0.05, 0.1) is 28.0 Å². The molecule has 0 aliphatic carbocycles. The molecule has 2 nitrogen and oxygen atoms in total. The molecule has 3 heteroatoms. The van der Waals surface area contributed by atoms with Crippen LogP contribution in [-0.2, 0) is 4.74 Å². The summed E-state index contributed by atoms with van der Waals surface area (Å²) in [5.74, 6) is 0. The number of benzene rings is 1. The molecule has 1 heterocycles. The lowest BCUT2D eigenvalue weighted by atomic mass is 9.94. The van der Waals surface area contributed by atoms with E-state index < -0.39 is 0 Å². The number of nitrogens with one attached hydrogen (secondary N) is 1. The Balaban J connectivity index is 2.21. The Bertz CT molecular complexity index is 454. The first kappa shape index (κ1) is 13.7. The monoisotopic (exact) mass is 267 g/mol. The van der Waals surface area contributed by atoms with Gasteiger partial charge in [-0.1, -0.05) is 17.7 Å². The number of rotatable bonds is 2. The van der Waals surface area contributed by atoms with Crippen LogP contribution in [0.4, 0.5) is 5.69 Å². The lowest BCUT2D eigenvalue weighted by Crippen LogP contribution is -2.38. The third kappa shape index (κ3) is 2.81. The van der Waals surface area contributed by atoms with Gasteiger partial charge >= 0.3 is 0 Å². The summed E-state index contributed by atoms with van der Waals surface area (Å²) in [6, 6.07) is 6.32. The predicted octanol–water partition coefficient (Wildman–Crippen LogP) is 4.41. The number of anilines is 1. The third-order valence-electron chi connectivity index (χ3n) is 3.53. The van der Waals surface area contributed by atoms with Crippen molar-refractivity contribution in [3.8, 4) is 0 Å². The van der Waals surface area contributed by atoms with Gasteiger partial charge in [0.1, 0.15) is 0 Å². The molecule has 100 valence electrons. The lowest BCUT2D eigenvalue weighted by Gasteiger charge is -2.28. The molecule has 1 fully saturated rings. The molecule has 1 aromatic rings. The summed E-state index contributed by atoms with van der Waals surface area (Å²) in [6.07, 6.45) is 0.976. The molecule has 0 saturated carbocycles. The highest BCUT2D eigenvalue weighted by Gasteiger charge is 2.45. The Hall–Kier alpha value is -0.730. The molecule has 0 amide bonds. The highest BCUT2D eigenvalue weighted by atomic mass is 35.5. The van der Waals surface area contributed by atoms with E-state index in [9.17, 15) is 0 Å². The fraction of sp³-hybridized carbons (Fsp3) is 0.600. The van der Waals surface area contributed by atoms with Gasteiger partial charge in [-0.2, -0.15) is 0 Å². The summed E-state index contributed by atoms with van der Waals surface area (Å²) in [5.41, 5.74) is 1.93. The molecule has 0 spiro atoms. The fourth-order valence-electron chi connectivity index (χ4n) is 2.72. The van der Waals surface area contributed by atoms with E-state index in [0.717, 1.165) is 17.1 Å². The molecule has 1 atom stereocenters. The van der Waals surface area contributed by atoms with Crippen LogP contribution >= 0.6 is 11.6 Å². The Labute approximate surface area is 115 Å². The Morgan fingerprint density at radius 2 is 1.94 bits per heavy atom. The summed E-state index contributed by atoms with van der Waals surface area (Å²) < 4.78 is 6.09. The van der Waals surface area contributed by atoms with Crippen molar-refractivity contribution in [2.24, 2.45) is 0 Å². The summed E-state index contributed by atoms with van der Waals surface area (Å²) in [5, 5.41) is 4.30. The quantitative estimate of drug-likeness (QED) is 0.857. The first-order chi connectivity index (χ1) is 8.20. The van der Waals surface area contributed by atoms with Crippen LogP contribution < -0.4 is 5.32 Å². The van der Waals surface area contributed by atoms with E-state index in [4.69, 9.17) is 16.3 Å². The second-order valence-corrected chi connectivity index (χ2v) is 6.76. The third-order valence-corrected chi connectivity index (χ3v) is 3.86. The van der Waals surface area contributed by atoms with E-state index in [2.05, 4.69) is 46.0 Å². The topological polar surface area (TPSA) is 21.3 Å². The molecular weight excluding hydrogens is 246 g/mol. The summed E-state index contributed by atoms with van der Waals surface area (Å²) in [6.45, 7) is 10.6. The minimum absolute atomic E-state index is 0.0858. The summed E-state index contributed by atoms with van der Waals surface area (Å²) >= 11 is 6.24. The summed E-state index contributed by atoms with van der Waals surface area (Å²) in [4.78, 5) is 0. The minimum atomic E-state index is -0.184. The Morgan fingerprint density at radius 1 is 1.28 bits per heavy atom. The van der Waals surface area contributed by atoms with Gasteiger partial charge in [0.15, 0.2) is 0 Å². The van der Waals surface area contributed by atoms with Gasteiger partial charge in [-0.25, -0.2) is 0 Å². The zero-order chi connectivity index (χ0) is 13.6. The summed E-state index contributed by atoms with van der Waals surface area (Å²) in [7, 11) is 0. The molecule has 1 N–H and O–H groups in total. The van der Waals surface area contributed by atoms with Crippen molar-refractivity contribution in [1.29, 1.82) is 0 Å². The average Bonchev–Trinajstić information content (AvgIpc) is 2.40. The normalized spacial score (nSPS) is 25.1. The number of ether oxygens (including phenoxy) is 1. The van der Waals surface area contributed by atoms with Crippen LogP contribution in [0.25, 0.3) is 0 Å². The second kappa shape index (κ2) is 4.43. The van der Waals surface area contributed by atoms with Gasteiger partial charge in [-0.15, -0.1) is 0 Å². The molecule has 2 rings (SSSR count). The van der Waals surface area contributed by atoms with Crippen molar-refractivity contribution in [1.82, 2.24) is 0 Å².